The first-order valence-corrected chi connectivity index (χ1v) is 5.46. The van der Waals surface area contributed by atoms with Crippen molar-refractivity contribution in [1.29, 1.82) is 0 Å². The van der Waals surface area contributed by atoms with Gasteiger partial charge in [0.2, 0.25) is 0 Å². The Hall–Kier alpha value is -1.94. The molecule has 0 atom stereocenters. The molecular formula is C14H12F2O2. The van der Waals surface area contributed by atoms with E-state index in [-0.39, 0.29) is 13.2 Å². The number of aliphatic hydroxyl groups is 1. The second kappa shape index (κ2) is 5.60. The lowest BCUT2D eigenvalue weighted by molar-refractivity contribution is 0.258. The van der Waals surface area contributed by atoms with Crippen molar-refractivity contribution < 1.29 is 18.6 Å². The van der Waals surface area contributed by atoms with Crippen LogP contribution in [0.2, 0.25) is 0 Å². The van der Waals surface area contributed by atoms with E-state index in [1.807, 2.05) is 0 Å². The van der Waals surface area contributed by atoms with Crippen LogP contribution in [-0.2, 0) is 13.2 Å². The van der Waals surface area contributed by atoms with Crippen LogP contribution in [0.15, 0.2) is 42.5 Å². The summed E-state index contributed by atoms with van der Waals surface area (Å²) in [6, 6.07) is 10.6. The summed E-state index contributed by atoms with van der Waals surface area (Å²) in [6.07, 6.45) is 0. The van der Waals surface area contributed by atoms with Gasteiger partial charge in [0.05, 0.1) is 6.61 Å². The lowest BCUT2D eigenvalue weighted by Gasteiger charge is -2.10. The van der Waals surface area contributed by atoms with Crippen LogP contribution in [0.5, 0.6) is 5.75 Å². The smallest absolute Gasteiger partial charge is 0.159 e. The number of aliphatic hydroxyl groups excluding tert-OH is 1. The molecule has 0 fully saturated rings. The topological polar surface area (TPSA) is 29.5 Å². The number of hydrogen-bond donors (Lipinski definition) is 1. The van der Waals surface area contributed by atoms with Gasteiger partial charge in [0.1, 0.15) is 12.4 Å². The third-order valence-corrected chi connectivity index (χ3v) is 2.52. The van der Waals surface area contributed by atoms with Crippen LogP contribution >= 0.6 is 0 Å². The molecule has 0 aromatic heterocycles. The van der Waals surface area contributed by atoms with Crippen molar-refractivity contribution in [3.63, 3.8) is 0 Å². The van der Waals surface area contributed by atoms with Gasteiger partial charge >= 0.3 is 0 Å². The van der Waals surface area contributed by atoms with Gasteiger partial charge in [-0.05, 0) is 23.8 Å². The fourth-order valence-corrected chi connectivity index (χ4v) is 1.57. The monoisotopic (exact) mass is 250 g/mol. The standard InChI is InChI=1S/C14H12F2O2/c15-12-6-5-10(7-13(12)16)9-18-14-4-2-1-3-11(14)8-17/h1-7,17H,8-9H2. The summed E-state index contributed by atoms with van der Waals surface area (Å²) in [6.45, 7) is -0.0117. The van der Waals surface area contributed by atoms with Crippen LogP contribution in [0.25, 0.3) is 0 Å². The predicted octanol–water partition coefficient (Wildman–Crippen LogP) is 3.04. The lowest BCUT2D eigenvalue weighted by Crippen LogP contribution is -1.99. The minimum absolute atomic E-state index is 0.119. The number of halogens is 2. The number of hydrogen-bond acceptors (Lipinski definition) is 2. The molecule has 2 rings (SSSR count). The summed E-state index contributed by atoms with van der Waals surface area (Å²) in [5.41, 5.74) is 1.18. The van der Waals surface area contributed by atoms with E-state index >= 15 is 0 Å². The molecule has 2 aromatic carbocycles. The minimum atomic E-state index is -0.897. The van der Waals surface area contributed by atoms with E-state index in [0.717, 1.165) is 12.1 Å². The minimum Gasteiger partial charge on any atom is -0.489 e. The zero-order valence-electron chi connectivity index (χ0n) is 9.57. The Morgan fingerprint density at radius 1 is 1.00 bits per heavy atom. The van der Waals surface area contributed by atoms with Gasteiger partial charge in [-0.15, -0.1) is 0 Å². The molecule has 0 heterocycles. The van der Waals surface area contributed by atoms with Gasteiger partial charge in [-0.25, -0.2) is 8.78 Å². The van der Waals surface area contributed by atoms with E-state index in [2.05, 4.69) is 0 Å². The molecule has 0 saturated carbocycles. The number of ether oxygens (including phenoxy) is 1. The number of rotatable bonds is 4. The average molecular weight is 250 g/mol. The molecule has 18 heavy (non-hydrogen) atoms. The first-order chi connectivity index (χ1) is 8.70. The molecule has 0 unspecified atom stereocenters. The predicted molar refractivity (Wildman–Crippen MR) is 63.1 cm³/mol. The van der Waals surface area contributed by atoms with Crippen molar-refractivity contribution in [1.82, 2.24) is 0 Å². The molecule has 1 N–H and O–H groups in total. The van der Waals surface area contributed by atoms with Gasteiger partial charge < -0.3 is 9.84 Å². The SMILES string of the molecule is OCc1ccccc1OCc1ccc(F)c(F)c1. The highest BCUT2D eigenvalue weighted by Crippen LogP contribution is 2.19. The maximum atomic E-state index is 13.0. The summed E-state index contributed by atoms with van der Waals surface area (Å²) in [7, 11) is 0. The normalized spacial score (nSPS) is 10.4. The largest absolute Gasteiger partial charge is 0.489 e. The van der Waals surface area contributed by atoms with Crippen LogP contribution in [0, 0.1) is 11.6 Å². The van der Waals surface area contributed by atoms with Crippen molar-refractivity contribution in [3.8, 4) is 5.75 Å². The van der Waals surface area contributed by atoms with E-state index in [1.165, 1.54) is 6.07 Å². The number of para-hydroxylation sites is 1. The Balaban J connectivity index is 2.09. The first kappa shape index (κ1) is 12.5. The van der Waals surface area contributed by atoms with Crippen molar-refractivity contribution in [2.24, 2.45) is 0 Å². The third kappa shape index (κ3) is 2.84. The van der Waals surface area contributed by atoms with E-state index in [4.69, 9.17) is 9.84 Å². The van der Waals surface area contributed by atoms with Crippen LogP contribution in [-0.4, -0.2) is 5.11 Å². The summed E-state index contributed by atoms with van der Waals surface area (Å²) in [4.78, 5) is 0. The van der Waals surface area contributed by atoms with Gasteiger partial charge in [-0.1, -0.05) is 24.3 Å². The van der Waals surface area contributed by atoms with Crippen LogP contribution < -0.4 is 4.74 Å². The molecule has 2 aromatic rings. The Bertz CT molecular complexity index is 541. The zero-order valence-corrected chi connectivity index (χ0v) is 9.57. The molecule has 4 heteroatoms. The molecule has 0 saturated heterocycles. The zero-order chi connectivity index (χ0) is 13.0. The van der Waals surface area contributed by atoms with Crippen LogP contribution in [0.4, 0.5) is 8.78 Å². The molecule has 2 nitrogen and oxygen atoms in total. The van der Waals surface area contributed by atoms with E-state index in [0.29, 0.717) is 16.9 Å². The molecule has 94 valence electrons. The highest BCUT2D eigenvalue weighted by atomic mass is 19.2. The molecule has 0 amide bonds. The fraction of sp³-hybridized carbons (Fsp3) is 0.143. The molecule has 0 spiro atoms. The summed E-state index contributed by atoms with van der Waals surface area (Å²) in [5, 5.41) is 9.11. The fourth-order valence-electron chi connectivity index (χ4n) is 1.57. The second-order valence-corrected chi connectivity index (χ2v) is 3.80. The Morgan fingerprint density at radius 2 is 1.78 bits per heavy atom. The van der Waals surface area contributed by atoms with Gasteiger partial charge in [0, 0.05) is 5.56 Å². The maximum absolute atomic E-state index is 13.0. The lowest BCUT2D eigenvalue weighted by atomic mass is 10.2. The Labute approximate surface area is 103 Å². The molecule has 0 aliphatic rings. The van der Waals surface area contributed by atoms with Gasteiger partial charge in [0.15, 0.2) is 11.6 Å². The average Bonchev–Trinajstić information content (AvgIpc) is 2.40. The molecule has 0 bridgehead atoms. The summed E-state index contributed by atoms with van der Waals surface area (Å²) in [5.74, 6) is -1.24. The van der Waals surface area contributed by atoms with Gasteiger partial charge in [0.25, 0.3) is 0 Å². The van der Waals surface area contributed by atoms with Crippen LogP contribution in [0.3, 0.4) is 0 Å². The van der Waals surface area contributed by atoms with E-state index < -0.39 is 11.6 Å². The summed E-state index contributed by atoms with van der Waals surface area (Å²) < 4.78 is 31.2. The number of benzene rings is 2. The van der Waals surface area contributed by atoms with E-state index in [1.54, 1.807) is 24.3 Å². The Kier molecular flexibility index (Phi) is 3.89. The highest BCUT2D eigenvalue weighted by molar-refractivity contribution is 5.33. The van der Waals surface area contributed by atoms with Crippen LogP contribution in [0.1, 0.15) is 11.1 Å². The molecular weight excluding hydrogens is 238 g/mol. The molecule has 0 radical (unpaired) electrons. The van der Waals surface area contributed by atoms with Crippen molar-refractivity contribution in [2.75, 3.05) is 0 Å². The van der Waals surface area contributed by atoms with Gasteiger partial charge in [-0.3, -0.25) is 0 Å². The van der Waals surface area contributed by atoms with Gasteiger partial charge in [-0.2, -0.15) is 0 Å². The molecule has 0 aliphatic carbocycles. The Morgan fingerprint density at radius 3 is 2.50 bits per heavy atom. The van der Waals surface area contributed by atoms with Crippen molar-refractivity contribution in [2.45, 2.75) is 13.2 Å². The first-order valence-electron chi connectivity index (χ1n) is 5.46. The van der Waals surface area contributed by atoms with Crippen molar-refractivity contribution in [3.05, 3.63) is 65.2 Å². The van der Waals surface area contributed by atoms with E-state index in [9.17, 15) is 8.78 Å². The second-order valence-electron chi connectivity index (χ2n) is 3.80. The maximum Gasteiger partial charge on any atom is 0.159 e. The highest BCUT2D eigenvalue weighted by Gasteiger charge is 2.05. The van der Waals surface area contributed by atoms with Crippen molar-refractivity contribution >= 4 is 0 Å². The quantitative estimate of drug-likeness (QED) is 0.903. The summed E-state index contributed by atoms with van der Waals surface area (Å²) >= 11 is 0. The third-order valence-electron chi connectivity index (χ3n) is 2.52. The molecule has 0 aliphatic heterocycles.